The number of fused-ring (bicyclic) bond motifs is 2. The molecule has 1 aromatic carbocycles. The zero-order valence-corrected chi connectivity index (χ0v) is 14.8. The molecule has 3 aromatic heterocycles. The average molecular weight is 400 g/mol. The molecule has 8 heteroatoms. The second-order valence-corrected chi connectivity index (χ2v) is 6.66. The van der Waals surface area contributed by atoms with Gasteiger partial charge >= 0.3 is 0 Å². The van der Waals surface area contributed by atoms with E-state index in [9.17, 15) is 9.59 Å². The summed E-state index contributed by atoms with van der Waals surface area (Å²) in [6, 6.07) is 7.75. The molecule has 0 saturated carbocycles. The second-order valence-electron chi connectivity index (χ2n) is 5.84. The Balaban J connectivity index is 1.54. The Morgan fingerprint density at radius 1 is 0.963 bits per heavy atom. The number of rotatable bonds is 2. The van der Waals surface area contributed by atoms with Crippen LogP contribution in [0.4, 0.5) is 0 Å². The molecule has 27 heavy (non-hydrogen) atoms. The maximum absolute atomic E-state index is 12.6. The van der Waals surface area contributed by atoms with Crippen LogP contribution in [0.2, 0.25) is 10.0 Å². The lowest BCUT2D eigenvalue weighted by atomic mass is 10.1. The van der Waals surface area contributed by atoms with Crippen molar-refractivity contribution >= 4 is 52.1 Å². The van der Waals surface area contributed by atoms with Crippen LogP contribution in [0.1, 0.15) is 26.5 Å². The lowest BCUT2D eigenvalue weighted by Crippen LogP contribution is -1.99. The Morgan fingerprint density at radius 2 is 1.67 bits per heavy atom. The van der Waals surface area contributed by atoms with Crippen molar-refractivity contribution in [1.29, 1.82) is 0 Å². The Labute approximate surface area is 161 Å². The van der Waals surface area contributed by atoms with Gasteiger partial charge < -0.3 is 13.3 Å². The SMILES string of the molecule is O=C1C(=Cc2cc3oc(-c4ccco4)nc3o2)C(=O)c2cc(Cl)c(Cl)cc21. The van der Waals surface area contributed by atoms with Gasteiger partial charge in [-0.25, -0.2) is 0 Å². The van der Waals surface area contributed by atoms with Crippen molar-refractivity contribution in [2.75, 3.05) is 0 Å². The topological polar surface area (TPSA) is 86.4 Å². The second kappa shape index (κ2) is 5.70. The molecular weight excluding hydrogens is 393 g/mol. The first kappa shape index (κ1) is 16.1. The predicted molar refractivity (Wildman–Crippen MR) is 97.1 cm³/mol. The normalized spacial score (nSPS) is 13.6. The van der Waals surface area contributed by atoms with Gasteiger partial charge in [0.25, 0.3) is 11.6 Å². The summed E-state index contributed by atoms with van der Waals surface area (Å²) in [7, 11) is 0. The first-order valence-corrected chi connectivity index (χ1v) is 8.51. The number of hydrogen-bond acceptors (Lipinski definition) is 6. The van der Waals surface area contributed by atoms with E-state index >= 15 is 0 Å². The standard InChI is InChI=1S/C19H7Cl2NO5/c20-12-6-9-10(7-13(12)21)17(24)11(16(9)23)4-8-5-15-19(26-8)22-18(27-15)14-2-1-3-25-14/h1-7H. The zero-order valence-electron chi connectivity index (χ0n) is 13.3. The van der Waals surface area contributed by atoms with Crippen LogP contribution in [-0.4, -0.2) is 16.6 Å². The van der Waals surface area contributed by atoms with E-state index in [1.165, 1.54) is 24.5 Å². The Bertz CT molecular complexity index is 1200. The van der Waals surface area contributed by atoms with Crippen molar-refractivity contribution in [1.82, 2.24) is 4.98 Å². The summed E-state index contributed by atoms with van der Waals surface area (Å²) in [6.07, 6.45) is 2.86. The molecule has 3 heterocycles. The van der Waals surface area contributed by atoms with E-state index in [1.807, 2.05) is 0 Å². The summed E-state index contributed by atoms with van der Waals surface area (Å²) in [6.45, 7) is 0. The van der Waals surface area contributed by atoms with Crippen LogP contribution in [0.5, 0.6) is 0 Å². The number of benzene rings is 1. The van der Waals surface area contributed by atoms with E-state index in [0.717, 1.165) is 0 Å². The van der Waals surface area contributed by atoms with Gasteiger partial charge in [0.1, 0.15) is 5.76 Å². The molecule has 5 rings (SSSR count). The van der Waals surface area contributed by atoms with Gasteiger partial charge in [-0.15, -0.1) is 0 Å². The summed E-state index contributed by atoms with van der Waals surface area (Å²) in [5.41, 5.74) is 0.999. The van der Waals surface area contributed by atoms with Crippen molar-refractivity contribution in [3.8, 4) is 11.7 Å². The molecule has 0 spiro atoms. The highest BCUT2D eigenvalue weighted by Crippen LogP contribution is 2.35. The molecule has 0 fully saturated rings. The third kappa shape index (κ3) is 2.45. The van der Waals surface area contributed by atoms with Gasteiger partial charge in [0.05, 0.1) is 21.9 Å². The molecule has 0 radical (unpaired) electrons. The van der Waals surface area contributed by atoms with Crippen LogP contribution >= 0.6 is 23.2 Å². The van der Waals surface area contributed by atoms with Crippen molar-refractivity contribution < 1.29 is 22.8 Å². The summed E-state index contributed by atoms with van der Waals surface area (Å²) < 4.78 is 16.4. The number of Topliss-reactive ketones (excluding diaryl/α,β-unsaturated/α-hetero) is 2. The molecule has 1 aliphatic rings. The van der Waals surface area contributed by atoms with Gasteiger partial charge in [-0.3, -0.25) is 9.59 Å². The average Bonchev–Trinajstić information content (AvgIpc) is 3.38. The molecule has 0 amide bonds. The number of carbonyl (C=O) groups is 2. The number of halogens is 2. The molecule has 0 aliphatic heterocycles. The van der Waals surface area contributed by atoms with Gasteiger partial charge in [-0.2, -0.15) is 4.98 Å². The fourth-order valence-corrected chi connectivity index (χ4v) is 3.25. The number of ketones is 2. The van der Waals surface area contributed by atoms with Crippen LogP contribution in [0, 0.1) is 0 Å². The smallest absolute Gasteiger partial charge is 0.266 e. The summed E-state index contributed by atoms with van der Waals surface area (Å²) in [5, 5.41) is 0.422. The summed E-state index contributed by atoms with van der Waals surface area (Å²) >= 11 is 11.9. The van der Waals surface area contributed by atoms with Gasteiger partial charge in [-0.05, 0) is 30.3 Å². The van der Waals surface area contributed by atoms with Crippen molar-refractivity contribution in [3.63, 3.8) is 0 Å². The fraction of sp³-hybridized carbons (Fsp3) is 0. The number of nitrogens with zero attached hydrogens (tertiary/aromatic N) is 1. The highest BCUT2D eigenvalue weighted by atomic mass is 35.5. The maximum Gasteiger partial charge on any atom is 0.266 e. The van der Waals surface area contributed by atoms with Crippen molar-refractivity contribution in [2.24, 2.45) is 0 Å². The minimum Gasteiger partial charge on any atom is -0.459 e. The van der Waals surface area contributed by atoms with Crippen LogP contribution < -0.4 is 0 Å². The molecule has 0 atom stereocenters. The Kier molecular flexibility index (Phi) is 3.40. The molecule has 6 nitrogen and oxygen atoms in total. The van der Waals surface area contributed by atoms with E-state index < -0.39 is 11.6 Å². The largest absolute Gasteiger partial charge is 0.459 e. The van der Waals surface area contributed by atoms with Gasteiger partial charge in [0.2, 0.25) is 0 Å². The van der Waals surface area contributed by atoms with Gasteiger partial charge in [-0.1, -0.05) is 23.2 Å². The first-order valence-electron chi connectivity index (χ1n) is 7.75. The number of hydrogen-bond donors (Lipinski definition) is 0. The molecule has 0 N–H and O–H groups in total. The summed E-state index contributed by atoms with van der Waals surface area (Å²) in [5.74, 6) is 0.130. The lowest BCUT2D eigenvalue weighted by Gasteiger charge is -1.98. The van der Waals surface area contributed by atoms with E-state index in [0.29, 0.717) is 11.3 Å². The molecule has 1 aliphatic carbocycles. The molecule has 4 aromatic rings. The lowest BCUT2D eigenvalue weighted by molar-refractivity contribution is 0.0990. The molecule has 0 unspecified atom stereocenters. The van der Waals surface area contributed by atoms with Crippen LogP contribution in [-0.2, 0) is 0 Å². The number of aromatic nitrogens is 1. The quantitative estimate of drug-likeness (QED) is 0.329. The van der Waals surface area contributed by atoms with Crippen molar-refractivity contribution in [3.05, 3.63) is 69.1 Å². The van der Waals surface area contributed by atoms with Crippen LogP contribution in [0.15, 0.2) is 55.4 Å². The number of allylic oxidation sites excluding steroid dienone is 1. The van der Waals surface area contributed by atoms with E-state index in [1.54, 1.807) is 18.2 Å². The third-order valence-corrected chi connectivity index (χ3v) is 4.89. The van der Waals surface area contributed by atoms with E-state index in [-0.39, 0.29) is 44.1 Å². The highest BCUT2D eigenvalue weighted by Gasteiger charge is 2.34. The van der Waals surface area contributed by atoms with Gasteiger partial charge in [0, 0.05) is 17.2 Å². The van der Waals surface area contributed by atoms with Crippen LogP contribution in [0.3, 0.4) is 0 Å². The summed E-state index contributed by atoms with van der Waals surface area (Å²) in [4.78, 5) is 29.3. The number of oxazole rings is 1. The first-order chi connectivity index (χ1) is 13.0. The highest BCUT2D eigenvalue weighted by molar-refractivity contribution is 6.46. The van der Waals surface area contributed by atoms with Crippen LogP contribution in [0.25, 0.3) is 29.0 Å². The number of carbonyl (C=O) groups excluding carboxylic acids is 2. The Morgan fingerprint density at radius 3 is 2.26 bits per heavy atom. The Hall–Kier alpha value is -3.09. The predicted octanol–water partition coefficient (Wildman–Crippen LogP) is 5.45. The molecule has 132 valence electrons. The molecule has 0 bridgehead atoms. The zero-order chi connectivity index (χ0) is 18.7. The molecule has 0 saturated heterocycles. The van der Waals surface area contributed by atoms with E-state index in [2.05, 4.69) is 4.98 Å². The molecular formula is C19H7Cl2NO5. The fourth-order valence-electron chi connectivity index (χ4n) is 2.92. The van der Waals surface area contributed by atoms with Gasteiger partial charge in [0.15, 0.2) is 22.9 Å². The maximum atomic E-state index is 12.6. The monoisotopic (exact) mass is 399 g/mol. The minimum atomic E-state index is -0.439. The van der Waals surface area contributed by atoms with Crippen molar-refractivity contribution in [2.45, 2.75) is 0 Å². The minimum absolute atomic E-state index is 0.0361. The third-order valence-electron chi connectivity index (χ3n) is 4.17. The number of furan rings is 2. The van der Waals surface area contributed by atoms with E-state index in [4.69, 9.17) is 36.5 Å².